The summed E-state index contributed by atoms with van der Waals surface area (Å²) in [5.41, 5.74) is 6.03. The minimum absolute atomic E-state index is 0.215. The number of halogens is 1. The predicted octanol–water partition coefficient (Wildman–Crippen LogP) is 1.81. The number of rotatable bonds is 2. The van der Waals surface area contributed by atoms with Crippen LogP contribution in [0.5, 0.6) is 0 Å². The second kappa shape index (κ2) is 4.77. The molecule has 5 heteroatoms. The van der Waals surface area contributed by atoms with Gasteiger partial charge in [0.25, 0.3) is 0 Å². The Balaban J connectivity index is 2.01. The molecule has 0 amide bonds. The van der Waals surface area contributed by atoms with E-state index < -0.39 is 0 Å². The van der Waals surface area contributed by atoms with Gasteiger partial charge in [-0.25, -0.2) is 9.97 Å². The fourth-order valence-electron chi connectivity index (χ4n) is 1.94. The molecule has 1 saturated carbocycles. The van der Waals surface area contributed by atoms with E-state index >= 15 is 0 Å². The van der Waals surface area contributed by atoms with Gasteiger partial charge in [-0.1, -0.05) is 24.4 Å². The molecule has 0 saturated heterocycles. The second-order valence-electron chi connectivity index (χ2n) is 3.93. The van der Waals surface area contributed by atoms with Gasteiger partial charge in [0.15, 0.2) is 0 Å². The van der Waals surface area contributed by atoms with Gasteiger partial charge in [0.05, 0.1) is 0 Å². The van der Waals surface area contributed by atoms with E-state index in [1.165, 1.54) is 19.2 Å². The molecule has 0 spiro atoms. The number of nitrogens with one attached hydrogen (secondary N) is 1. The van der Waals surface area contributed by atoms with Crippen molar-refractivity contribution in [1.82, 2.24) is 9.97 Å². The minimum atomic E-state index is 0.215. The number of nitrogens with two attached hydrogens (primary N) is 1. The van der Waals surface area contributed by atoms with Crippen molar-refractivity contribution in [2.45, 2.75) is 37.8 Å². The van der Waals surface area contributed by atoms with Crippen LogP contribution in [0.25, 0.3) is 0 Å². The van der Waals surface area contributed by atoms with Gasteiger partial charge in [-0.2, -0.15) is 0 Å². The Morgan fingerprint density at radius 3 is 2.87 bits per heavy atom. The molecule has 0 aromatic carbocycles. The van der Waals surface area contributed by atoms with Gasteiger partial charge in [-0.05, 0) is 12.8 Å². The normalized spacial score (nSPS) is 26.3. The van der Waals surface area contributed by atoms with Crippen molar-refractivity contribution in [3.05, 3.63) is 17.5 Å². The maximum atomic E-state index is 6.03. The molecule has 0 aliphatic heterocycles. The van der Waals surface area contributed by atoms with Gasteiger partial charge in [0, 0.05) is 18.2 Å². The van der Waals surface area contributed by atoms with Crippen molar-refractivity contribution in [1.29, 1.82) is 0 Å². The largest absolute Gasteiger partial charge is 0.366 e. The monoisotopic (exact) mass is 226 g/mol. The topological polar surface area (TPSA) is 63.8 Å². The highest BCUT2D eigenvalue weighted by molar-refractivity contribution is 6.29. The summed E-state index contributed by atoms with van der Waals surface area (Å²) >= 11 is 5.78. The van der Waals surface area contributed by atoms with E-state index in [-0.39, 0.29) is 6.04 Å². The first-order chi connectivity index (χ1) is 7.25. The van der Waals surface area contributed by atoms with E-state index in [0.29, 0.717) is 11.2 Å². The van der Waals surface area contributed by atoms with E-state index in [4.69, 9.17) is 17.3 Å². The molecular formula is C10H15ClN4. The van der Waals surface area contributed by atoms with E-state index in [9.17, 15) is 0 Å². The molecule has 0 unspecified atom stereocenters. The van der Waals surface area contributed by atoms with Crippen LogP contribution in [0.15, 0.2) is 12.4 Å². The molecular weight excluding hydrogens is 212 g/mol. The maximum absolute atomic E-state index is 6.03. The molecule has 1 aromatic rings. The Morgan fingerprint density at radius 1 is 1.33 bits per heavy atom. The first-order valence-electron chi connectivity index (χ1n) is 5.25. The van der Waals surface area contributed by atoms with Crippen LogP contribution in [0.2, 0.25) is 5.15 Å². The zero-order valence-corrected chi connectivity index (χ0v) is 9.24. The summed E-state index contributed by atoms with van der Waals surface area (Å²) in [6.07, 6.45) is 6.09. The Hall–Kier alpha value is -0.870. The second-order valence-corrected chi connectivity index (χ2v) is 4.31. The molecule has 1 fully saturated rings. The summed E-state index contributed by atoms with van der Waals surface area (Å²) in [4.78, 5) is 7.94. The molecule has 0 radical (unpaired) electrons. The van der Waals surface area contributed by atoms with Crippen molar-refractivity contribution >= 4 is 17.4 Å². The minimum Gasteiger partial charge on any atom is -0.366 e. The third kappa shape index (κ3) is 2.79. The lowest BCUT2D eigenvalue weighted by molar-refractivity contribution is 0.403. The van der Waals surface area contributed by atoms with Crippen LogP contribution in [0, 0.1) is 0 Å². The van der Waals surface area contributed by atoms with Crippen molar-refractivity contribution in [2.24, 2.45) is 5.73 Å². The highest BCUT2D eigenvalue weighted by atomic mass is 35.5. The molecule has 1 aliphatic carbocycles. The van der Waals surface area contributed by atoms with Crippen LogP contribution in [-0.2, 0) is 0 Å². The van der Waals surface area contributed by atoms with Crippen LogP contribution >= 0.6 is 11.6 Å². The summed E-state index contributed by atoms with van der Waals surface area (Å²) in [5, 5.41) is 3.77. The standard InChI is InChI=1S/C10H15ClN4/c11-9-5-10(14-6-13-9)15-8-4-2-1-3-7(8)12/h5-8H,1-4,12H2,(H,13,14,15)/t7-,8+/m0/s1. The maximum Gasteiger partial charge on any atom is 0.134 e. The lowest BCUT2D eigenvalue weighted by Gasteiger charge is -2.29. The summed E-state index contributed by atoms with van der Waals surface area (Å²) in [7, 11) is 0. The Labute approximate surface area is 94.2 Å². The zero-order chi connectivity index (χ0) is 10.7. The summed E-state index contributed by atoms with van der Waals surface area (Å²) in [6, 6.07) is 2.25. The first-order valence-corrected chi connectivity index (χ1v) is 5.63. The molecule has 4 nitrogen and oxygen atoms in total. The zero-order valence-electron chi connectivity index (χ0n) is 8.49. The van der Waals surface area contributed by atoms with Gasteiger partial charge >= 0.3 is 0 Å². The average molecular weight is 227 g/mol. The van der Waals surface area contributed by atoms with Gasteiger partial charge in [0.2, 0.25) is 0 Å². The fraction of sp³-hybridized carbons (Fsp3) is 0.600. The first kappa shape index (κ1) is 10.6. The Bertz CT molecular complexity index is 331. The van der Waals surface area contributed by atoms with E-state index in [1.807, 2.05) is 0 Å². The molecule has 3 N–H and O–H groups in total. The highest BCUT2D eigenvalue weighted by Crippen LogP contribution is 2.20. The third-order valence-electron chi connectivity index (χ3n) is 2.79. The van der Waals surface area contributed by atoms with Crippen molar-refractivity contribution in [3.8, 4) is 0 Å². The smallest absolute Gasteiger partial charge is 0.134 e. The summed E-state index contributed by atoms with van der Waals surface area (Å²) in [5.74, 6) is 0.761. The quantitative estimate of drug-likeness (QED) is 0.755. The molecule has 1 aliphatic rings. The van der Waals surface area contributed by atoms with Gasteiger partial charge in [-0.15, -0.1) is 0 Å². The third-order valence-corrected chi connectivity index (χ3v) is 2.99. The average Bonchev–Trinajstić information content (AvgIpc) is 2.22. The lowest BCUT2D eigenvalue weighted by Crippen LogP contribution is -2.42. The summed E-state index contributed by atoms with van der Waals surface area (Å²) < 4.78 is 0. The van der Waals surface area contributed by atoms with Gasteiger partial charge in [0.1, 0.15) is 17.3 Å². The van der Waals surface area contributed by atoms with Crippen LogP contribution in [-0.4, -0.2) is 22.1 Å². The number of hydrogen-bond donors (Lipinski definition) is 2. The van der Waals surface area contributed by atoms with E-state index in [1.54, 1.807) is 6.07 Å². The molecule has 0 bridgehead atoms. The van der Waals surface area contributed by atoms with Crippen molar-refractivity contribution in [2.75, 3.05) is 5.32 Å². The van der Waals surface area contributed by atoms with Crippen LogP contribution < -0.4 is 11.1 Å². The number of nitrogens with zero attached hydrogens (tertiary/aromatic N) is 2. The van der Waals surface area contributed by atoms with Crippen molar-refractivity contribution < 1.29 is 0 Å². The highest BCUT2D eigenvalue weighted by Gasteiger charge is 2.21. The summed E-state index contributed by atoms with van der Waals surface area (Å²) in [6.45, 7) is 0. The number of anilines is 1. The van der Waals surface area contributed by atoms with E-state index in [0.717, 1.165) is 18.7 Å². The van der Waals surface area contributed by atoms with Crippen LogP contribution in [0.4, 0.5) is 5.82 Å². The van der Waals surface area contributed by atoms with Gasteiger partial charge < -0.3 is 11.1 Å². The number of aromatic nitrogens is 2. The van der Waals surface area contributed by atoms with E-state index in [2.05, 4.69) is 15.3 Å². The molecule has 15 heavy (non-hydrogen) atoms. The molecule has 1 aromatic heterocycles. The molecule has 2 rings (SSSR count). The van der Waals surface area contributed by atoms with Crippen LogP contribution in [0.3, 0.4) is 0 Å². The Morgan fingerprint density at radius 2 is 2.13 bits per heavy atom. The Kier molecular flexibility index (Phi) is 3.38. The molecule has 2 atom stereocenters. The molecule has 82 valence electrons. The fourth-order valence-corrected chi connectivity index (χ4v) is 2.09. The van der Waals surface area contributed by atoms with Crippen LogP contribution in [0.1, 0.15) is 25.7 Å². The van der Waals surface area contributed by atoms with Gasteiger partial charge in [-0.3, -0.25) is 0 Å². The number of hydrogen-bond acceptors (Lipinski definition) is 4. The van der Waals surface area contributed by atoms with Crippen molar-refractivity contribution in [3.63, 3.8) is 0 Å². The molecule has 1 heterocycles. The SMILES string of the molecule is N[C@H]1CCCC[C@H]1Nc1cc(Cl)ncn1. The lowest BCUT2D eigenvalue weighted by atomic mass is 9.91. The predicted molar refractivity (Wildman–Crippen MR) is 60.9 cm³/mol.